The van der Waals surface area contributed by atoms with Crippen LogP contribution in [0.3, 0.4) is 0 Å². The minimum Gasteiger partial charge on any atom is -0.327 e. The molecule has 0 aliphatic carbocycles. The van der Waals surface area contributed by atoms with Gasteiger partial charge in [-0.05, 0) is 31.9 Å². The molecule has 2 heteroatoms. The molecule has 0 radical (unpaired) electrons. The van der Waals surface area contributed by atoms with Gasteiger partial charge < -0.3 is 5.73 Å². The van der Waals surface area contributed by atoms with Crippen LogP contribution in [0.15, 0.2) is 30.3 Å². The minimum atomic E-state index is 0.366. The maximum absolute atomic E-state index is 6.00. The summed E-state index contributed by atoms with van der Waals surface area (Å²) in [5.74, 6) is 0. The third kappa shape index (κ3) is 2.58. The molecule has 1 fully saturated rings. The fraction of sp³-hybridized carbons (Fsp3) is 0.538. The number of hydrogen-bond acceptors (Lipinski definition) is 2. The Balaban J connectivity index is 2.04. The summed E-state index contributed by atoms with van der Waals surface area (Å²) in [7, 11) is 0. The molecule has 15 heavy (non-hydrogen) atoms. The molecule has 1 unspecified atom stereocenters. The lowest BCUT2D eigenvalue weighted by Gasteiger charge is -2.35. The third-order valence-electron chi connectivity index (χ3n) is 3.32. The van der Waals surface area contributed by atoms with E-state index in [4.69, 9.17) is 5.73 Å². The minimum absolute atomic E-state index is 0.366. The van der Waals surface area contributed by atoms with Gasteiger partial charge in [0.25, 0.3) is 0 Å². The molecule has 82 valence electrons. The third-order valence-corrected chi connectivity index (χ3v) is 3.32. The second kappa shape index (κ2) is 4.77. The fourth-order valence-corrected chi connectivity index (χ4v) is 2.33. The van der Waals surface area contributed by atoms with Gasteiger partial charge >= 0.3 is 0 Å². The molecule has 1 aliphatic heterocycles. The Morgan fingerprint density at radius 1 is 1.33 bits per heavy atom. The second-order valence-electron chi connectivity index (χ2n) is 4.48. The Morgan fingerprint density at radius 3 is 2.73 bits per heavy atom. The van der Waals surface area contributed by atoms with Crippen LogP contribution in [0.4, 0.5) is 0 Å². The first-order chi connectivity index (χ1) is 7.27. The van der Waals surface area contributed by atoms with E-state index in [1.165, 1.54) is 24.9 Å². The van der Waals surface area contributed by atoms with Crippen LogP contribution in [0.1, 0.15) is 31.4 Å². The molecule has 2 atom stereocenters. The predicted molar refractivity (Wildman–Crippen MR) is 63.6 cm³/mol. The van der Waals surface area contributed by atoms with Crippen LogP contribution >= 0.6 is 0 Å². The summed E-state index contributed by atoms with van der Waals surface area (Å²) in [5.41, 5.74) is 7.39. The van der Waals surface area contributed by atoms with Gasteiger partial charge in [0.05, 0.1) is 0 Å². The van der Waals surface area contributed by atoms with Crippen molar-refractivity contribution >= 4 is 0 Å². The predicted octanol–water partition coefficient (Wildman–Crippen LogP) is 2.17. The van der Waals surface area contributed by atoms with Crippen molar-refractivity contribution in [3.8, 4) is 0 Å². The molecular formula is C13H20N2. The second-order valence-corrected chi connectivity index (χ2v) is 4.48. The van der Waals surface area contributed by atoms with E-state index in [2.05, 4.69) is 42.2 Å². The van der Waals surface area contributed by atoms with E-state index in [0.717, 1.165) is 6.54 Å². The van der Waals surface area contributed by atoms with Gasteiger partial charge in [-0.15, -0.1) is 0 Å². The van der Waals surface area contributed by atoms with Crippen molar-refractivity contribution in [1.29, 1.82) is 0 Å². The van der Waals surface area contributed by atoms with Gasteiger partial charge in [-0.25, -0.2) is 0 Å². The lowest BCUT2D eigenvalue weighted by atomic mass is 10.0. The zero-order valence-electron chi connectivity index (χ0n) is 9.39. The van der Waals surface area contributed by atoms with Gasteiger partial charge in [-0.1, -0.05) is 30.3 Å². The van der Waals surface area contributed by atoms with E-state index in [1.807, 2.05) is 0 Å². The lowest BCUT2D eigenvalue weighted by Crippen LogP contribution is -2.43. The Morgan fingerprint density at radius 2 is 2.07 bits per heavy atom. The zero-order valence-corrected chi connectivity index (χ0v) is 9.39. The largest absolute Gasteiger partial charge is 0.327 e. The molecule has 1 heterocycles. The van der Waals surface area contributed by atoms with Crippen molar-refractivity contribution in [3.63, 3.8) is 0 Å². The van der Waals surface area contributed by atoms with Crippen LogP contribution < -0.4 is 5.73 Å². The van der Waals surface area contributed by atoms with Gasteiger partial charge in [-0.3, -0.25) is 4.90 Å². The molecule has 1 saturated heterocycles. The molecule has 2 N–H and O–H groups in total. The molecule has 1 aromatic rings. The Bertz CT molecular complexity index is 297. The molecule has 2 rings (SSSR count). The number of nitrogens with two attached hydrogens (primary N) is 1. The van der Waals surface area contributed by atoms with E-state index in [9.17, 15) is 0 Å². The number of likely N-dealkylation sites (tertiary alicyclic amines) is 1. The van der Waals surface area contributed by atoms with Gasteiger partial charge in [0, 0.05) is 18.6 Å². The molecule has 0 amide bonds. The smallest absolute Gasteiger partial charge is 0.0320 e. The first-order valence-electron chi connectivity index (χ1n) is 5.82. The van der Waals surface area contributed by atoms with Crippen LogP contribution in [0.2, 0.25) is 0 Å². The molecule has 1 aliphatic rings. The SMILES string of the molecule is C[C@H](c1ccccc1)N1CCCC(N)C1. The highest BCUT2D eigenvalue weighted by molar-refractivity contribution is 5.18. The van der Waals surface area contributed by atoms with Crippen LogP contribution in [-0.4, -0.2) is 24.0 Å². The van der Waals surface area contributed by atoms with Gasteiger partial charge in [0.15, 0.2) is 0 Å². The van der Waals surface area contributed by atoms with Crippen molar-refractivity contribution in [1.82, 2.24) is 4.90 Å². The molecule has 0 bridgehead atoms. The quantitative estimate of drug-likeness (QED) is 0.800. The number of nitrogens with zero attached hydrogens (tertiary/aromatic N) is 1. The summed E-state index contributed by atoms with van der Waals surface area (Å²) in [5, 5.41) is 0. The molecule has 1 aromatic carbocycles. The van der Waals surface area contributed by atoms with E-state index >= 15 is 0 Å². The van der Waals surface area contributed by atoms with Crippen molar-refractivity contribution in [2.24, 2.45) is 5.73 Å². The highest BCUT2D eigenvalue weighted by Crippen LogP contribution is 2.23. The van der Waals surface area contributed by atoms with E-state index in [1.54, 1.807) is 0 Å². The first-order valence-corrected chi connectivity index (χ1v) is 5.82. The number of rotatable bonds is 2. The summed E-state index contributed by atoms with van der Waals surface area (Å²) in [6.07, 6.45) is 2.41. The van der Waals surface area contributed by atoms with Crippen LogP contribution in [0.25, 0.3) is 0 Å². The van der Waals surface area contributed by atoms with Gasteiger partial charge in [0.2, 0.25) is 0 Å². The topological polar surface area (TPSA) is 29.3 Å². The molecule has 0 aromatic heterocycles. The number of hydrogen-bond donors (Lipinski definition) is 1. The van der Waals surface area contributed by atoms with E-state index < -0.39 is 0 Å². The Hall–Kier alpha value is -0.860. The monoisotopic (exact) mass is 204 g/mol. The van der Waals surface area contributed by atoms with Crippen molar-refractivity contribution in [3.05, 3.63) is 35.9 Å². The number of piperidine rings is 1. The molecule has 0 spiro atoms. The molecule has 2 nitrogen and oxygen atoms in total. The van der Waals surface area contributed by atoms with Crippen LogP contribution in [0.5, 0.6) is 0 Å². The van der Waals surface area contributed by atoms with Crippen molar-refractivity contribution < 1.29 is 0 Å². The van der Waals surface area contributed by atoms with Crippen molar-refractivity contribution in [2.75, 3.05) is 13.1 Å². The number of benzene rings is 1. The summed E-state index contributed by atoms with van der Waals surface area (Å²) in [4.78, 5) is 2.49. The lowest BCUT2D eigenvalue weighted by molar-refractivity contribution is 0.159. The zero-order chi connectivity index (χ0) is 10.7. The van der Waals surface area contributed by atoms with Crippen LogP contribution in [-0.2, 0) is 0 Å². The van der Waals surface area contributed by atoms with Crippen molar-refractivity contribution in [2.45, 2.75) is 31.8 Å². The van der Waals surface area contributed by atoms with Crippen LogP contribution in [0, 0.1) is 0 Å². The van der Waals surface area contributed by atoms with E-state index in [-0.39, 0.29) is 0 Å². The highest BCUT2D eigenvalue weighted by Gasteiger charge is 2.21. The fourth-order valence-electron chi connectivity index (χ4n) is 2.33. The average molecular weight is 204 g/mol. The highest BCUT2D eigenvalue weighted by atomic mass is 15.2. The van der Waals surface area contributed by atoms with Gasteiger partial charge in [-0.2, -0.15) is 0 Å². The Labute approximate surface area is 92.1 Å². The Kier molecular flexibility index (Phi) is 3.39. The maximum atomic E-state index is 6.00. The molecular weight excluding hydrogens is 184 g/mol. The standard InChI is InChI=1S/C13H20N2/c1-11(12-6-3-2-4-7-12)15-9-5-8-13(14)10-15/h2-4,6-7,11,13H,5,8-10,14H2,1H3/t11-,13?/m1/s1. The summed E-state index contributed by atoms with van der Waals surface area (Å²) >= 11 is 0. The average Bonchev–Trinajstić information content (AvgIpc) is 2.29. The molecule has 0 saturated carbocycles. The van der Waals surface area contributed by atoms with E-state index in [0.29, 0.717) is 12.1 Å². The normalized spacial score (nSPS) is 25.1. The first kappa shape index (κ1) is 10.7. The summed E-state index contributed by atoms with van der Waals surface area (Å²) in [6, 6.07) is 11.5. The maximum Gasteiger partial charge on any atom is 0.0320 e. The van der Waals surface area contributed by atoms with Gasteiger partial charge in [0.1, 0.15) is 0 Å². The summed E-state index contributed by atoms with van der Waals surface area (Å²) < 4.78 is 0. The summed E-state index contributed by atoms with van der Waals surface area (Å²) in [6.45, 7) is 4.49.